The van der Waals surface area contributed by atoms with Crippen molar-refractivity contribution in [3.8, 4) is 16.9 Å². The molecule has 0 aliphatic heterocycles. The monoisotopic (exact) mass is 441 g/mol. The minimum absolute atomic E-state index is 0.0979. The van der Waals surface area contributed by atoms with Crippen molar-refractivity contribution in [1.82, 2.24) is 5.32 Å². The van der Waals surface area contributed by atoms with E-state index in [1.165, 1.54) is 0 Å². The number of ether oxygens (including phenoxy) is 3. The van der Waals surface area contributed by atoms with Crippen LogP contribution in [-0.4, -0.2) is 35.9 Å². The Morgan fingerprint density at radius 2 is 1.41 bits per heavy atom. The van der Waals surface area contributed by atoms with Gasteiger partial charge in [-0.15, -0.1) is 0 Å². The standard InChI is InChI=1S/C26H35NO5/c1-17(2)23(19(4)30-24(28)18(3)27-25(29)32-26(5,6)7)31-22-15-13-21(14-16-22)20-11-9-8-10-12-20/h8-19,23H,1-7H3,(H,27,29)/t18-,19-,23+/m0/s1. The molecule has 3 atom stereocenters. The van der Waals surface area contributed by atoms with Crippen molar-refractivity contribution < 1.29 is 23.8 Å². The number of carbonyl (C=O) groups excluding carboxylic acids is 2. The average Bonchev–Trinajstić information content (AvgIpc) is 2.71. The number of hydrogen-bond donors (Lipinski definition) is 1. The highest BCUT2D eigenvalue weighted by atomic mass is 16.6. The van der Waals surface area contributed by atoms with E-state index in [0.29, 0.717) is 5.75 Å². The van der Waals surface area contributed by atoms with E-state index in [4.69, 9.17) is 14.2 Å². The van der Waals surface area contributed by atoms with Crippen LogP contribution in [0, 0.1) is 5.92 Å². The molecule has 2 aromatic rings. The van der Waals surface area contributed by atoms with Gasteiger partial charge in [0.25, 0.3) is 0 Å². The summed E-state index contributed by atoms with van der Waals surface area (Å²) in [5.41, 5.74) is 1.59. The van der Waals surface area contributed by atoms with Gasteiger partial charge in [0.05, 0.1) is 0 Å². The number of amides is 1. The molecule has 0 saturated carbocycles. The van der Waals surface area contributed by atoms with Crippen LogP contribution in [0.4, 0.5) is 4.79 Å². The van der Waals surface area contributed by atoms with Crippen molar-refractivity contribution in [2.75, 3.05) is 0 Å². The summed E-state index contributed by atoms with van der Waals surface area (Å²) in [6.45, 7) is 12.6. The second kappa shape index (κ2) is 11.0. The minimum Gasteiger partial charge on any atom is -0.486 e. The van der Waals surface area contributed by atoms with E-state index in [9.17, 15) is 9.59 Å². The Morgan fingerprint density at radius 1 is 0.844 bits per heavy atom. The first-order chi connectivity index (χ1) is 15.0. The molecule has 6 nitrogen and oxygen atoms in total. The number of nitrogens with one attached hydrogen (secondary N) is 1. The van der Waals surface area contributed by atoms with E-state index in [2.05, 4.69) is 17.4 Å². The zero-order valence-electron chi connectivity index (χ0n) is 20.0. The molecule has 0 fully saturated rings. The zero-order valence-corrected chi connectivity index (χ0v) is 20.0. The van der Waals surface area contributed by atoms with Gasteiger partial charge in [-0.1, -0.05) is 56.3 Å². The molecule has 0 radical (unpaired) electrons. The predicted octanol–water partition coefficient (Wildman–Crippen LogP) is 5.60. The van der Waals surface area contributed by atoms with Gasteiger partial charge in [-0.05, 0) is 63.8 Å². The molecule has 0 saturated heterocycles. The number of rotatable bonds is 8. The average molecular weight is 442 g/mol. The van der Waals surface area contributed by atoms with Gasteiger partial charge >= 0.3 is 12.1 Å². The van der Waals surface area contributed by atoms with Crippen LogP contribution in [0.25, 0.3) is 11.1 Å². The Kier molecular flexibility index (Phi) is 8.70. The Labute approximate surface area is 191 Å². The van der Waals surface area contributed by atoms with Crippen LogP contribution >= 0.6 is 0 Å². The molecule has 0 aromatic heterocycles. The van der Waals surface area contributed by atoms with E-state index in [0.717, 1.165) is 11.1 Å². The van der Waals surface area contributed by atoms with Crippen LogP contribution in [0.5, 0.6) is 5.75 Å². The molecule has 6 heteroatoms. The number of carbonyl (C=O) groups is 2. The van der Waals surface area contributed by atoms with E-state index >= 15 is 0 Å². The van der Waals surface area contributed by atoms with Crippen molar-refractivity contribution in [2.45, 2.75) is 72.3 Å². The molecular weight excluding hydrogens is 406 g/mol. The third-order valence-corrected chi connectivity index (χ3v) is 4.74. The molecule has 0 aliphatic carbocycles. The molecule has 2 aromatic carbocycles. The van der Waals surface area contributed by atoms with Crippen molar-refractivity contribution in [1.29, 1.82) is 0 Å². The number of alkyl carbamates (subject to hydrolysis) is 1. The first kappa shape index (κ1) is 25.2. The van der Waals surface area contributed by atoms with E-state index in [1.807, 2.05) is 56.3 Å². The van der Waals surface area contributed by atoms with Gasteiger partial charge in [-0.25, -0.2) is 9.59 Å². The lowest BCUT2D eigenvalue weighted by molar-refractivity contribution is -0.156. The van der Waals surface area contributed by atoms with Crippen LogP contribution in [0.2, 0.25) is 0 Å². The van der Waals surface area contributed by atoms with E-state index < -0.39 is 29.8 Å². The van der Waals surface area contributed by atoms with Gasteiger partial charge in [0, 0.05) is 0 Å². The maximum atomic E-state index is 12.5. The van der Waals surface area contributed by atoms with Gasteiger partial charge < -0.3 is 19.5 Å². The van der Waals surface area contributed by atoms with Gasteiger partial charge in [-0.2, -0.15) is 0 Å². The maximum Gasteiger partial charge on any atom is 0.408 e. The van der Waals surface area contributed by atoms with Crippen LogP contribution in [-0.2, 0) is 14.3 Å². The lowest BCUT2D eigenvalue weighted by Gasteiger charge is -2.29. The Bertz CT molecular complexity index is 871. The van der Waals surface area contributed by atoms with E-state index in [-0.39, 0.29) is 12.0 Å². The van der Waals surface area contributed by atoms with Crippen molar-refractivity contribution >= 4 is 12.1 Å². The highest BCUT2D eigenvalue weighted by Gasteiger charge is 2.29. The molecular formula is C26H35NO5. The topological polar surface area (TPSA) is 73.9 Å². The Hall–Kier alpha value is -3.02. The van der Waals surface area contributed by atoms with Gasteiger partial charge in [-0.3, -0.25) is 0 Å². The SMILES string of the molecule is CC(C)[C@@H](Oc1ccc(-c2ccccc2)cc1)[C@H](C)OC(=O)[C@H](C)NC(=O)OC(C)(C)C. The summed E-state index contributed by atoms with van der Waals surface area (Å²) in [7, 11) is 0. The van der Waals surface area contributed by atoms with Crippen molar-refractivity contribution in [3.05, 3.63) is 54.6 Å². The third-order valence-electron chi connectivity index (χ3n) is 4.74. The number of benzene rings is 2. The normalized spacial score (nSPS) is 14.2. The fourth-order valence-corrected chi connectivity index (χ4v) is 3.18. The first-order valence-corrected chi connectivity index (χ1v) is 11.0. The molecule has 0 unspecified atom stereocenters. The second-order valence-corrected chi connectivity index (χ2v) is 9.23. The maximum absolute atomic E-state index is 12.5. The number of esters is 1. The lowest BCUT2D eigenvalue weighted by atomic mass is 10.0. The highest BCUT2D eigenvalue weighted by molar-refractivity contribution is 5.81. The molecule has 0 spiro atoms. The largest absolute Gasteiger partial charge is 0.486 e. The Morgan fingerprint density at radius 3 is 1.94 bits per heavy atom. The lowest BCUT2D eigenvalue weighted by Crippen LogP contribution is -2.45. The van der Waals surface area contributed by atoms with Crippen molar-refractivity contribution in [3.63, 3.8) is 0 Å². The fraction of sp³-hybridized carbons (Fsp3) is 0.462. The van der Waals surface area contributed by atoms with Crippen LogP contribution in [0.3, 0.4) is 0 Å². The van der Waals surface area contributed by atoms with Gasteiger partial charge in [0.1, 0.15) is 29.6 Å². The molecule has 0 aliphatic rings. The third kappa shape index (κ3) is 7.91. The van der Waals surface area contributed by atoms with Crippen LogP contribution < -0.4 is 10.1 Å². The van der Waals surface area contributed by atoms with E-state index in [1.54, 1.807) is 34.6 Å². The summed E-state index contributed by atoms with van der Waals surface area (Å²) in [6.07, 6.45) is -1.53. The quantitative estimate of drug-likeness (QED) is 0.540. The summed E-state index contributed by atoms with van der Waals surface area (Å²) in [4.78, 5) is 24.4. The zero-order chi connectivity index (χ0) is 23.9. The van der Waals surface area contributed by atoms with Crippen LogP contribution in [0.1, 0.15) is 48.5 Å². The highest BCUT2D eigenvalue weighted by Crippen LogP contribution is 2.25. The van der Waals surface area contributed by atoms with Gasteiger partial charge in [0.15, 0.2) is 0 Å². The fourth-order valence-electron chi connectivity index (χ4n) is 3.18. The Balaban J connectivity index is 1.97. The predicted molar refractivity (Wildman–Crippen MR) is 126 cm³/mol. The summed E-state index contributed by atoms with van der Waals surface area (Å²) in [5, 5.41) is 2.50. The molecule has 1 N–H and O–H groups in total. The van der Waals surface area contributed by atoms with Crippen LogP contribution in [0.15, 0.2) is 54.6 Å². The molecule has 2 rings (SSSR count). The molecule has 0 heterocycles. The number of hydrogen-bond acceptors (Lipinski definition) is 5. The molecule has 1 amide bonds. The first-order valence-electron chi connectivity index (χ1n) is 11.0. The summed E-state index contributed by atoms with van der Waals surface area (Å²) in [5.74, 6) is 0.254. The summed E-state index contributed by atoms with van der Waals surface area (Å²) >= 11 is 0. The minimum atomic E-state index is -0.842. The van der Waals surface area contributed by atoms with Gasteiger partial charge in [0.2, 0.25) is 0 Å². The molecule has 32 heavy (non-hydrogen) atoms. The smallest absolute Gasteiger partial charge is 0.408 e. The molecule has 174 valence electrons. The summed E-state index contributed by atoms with van der Waals surface area (Å²) < 4.78 is 17.0. The molecule has 0 bridgehead atoms. The second-order valence-electron chi connectivity index (χ2n) is 9.23. The van der Waals surface area contributed by atoms with Crippen molar-refractivity contribution in [2.24, 2.45) is 5.92 Å². The summed E-state index contributed by atoms with van der Waals surface area (Å²) in [6, 6.07) is 17.1.